The van der Waals surface area contributed by atoms with Crippen LogP contribution in [0, 0.1) is 5.92 Å². The molecule has 3 nitrogen and oxygen atoms in total. The molecule has 1 fully saturated rings. The van der Waals surface area contributed by atoms with Gasteiger partial charge >= 0.3 is 0 Å². The molecule has 0 radical (unpaired) electrons. The second kappa shape index (κ2) is 4.03. The quantitative estimate of drug-likeness (QED) is 0.791. The van der Waals surface area contributed by atoms with Crippen LogP contribution in [0.15, 0.2) is 30.3 Å². The standard InChI is InChI=1S/C12H16N2O/c1-9-10(8-13)7-12(15)14(9)11-5-3-2-4-6-11/h2-6,9-10H,7-8,13H2,1H3. The fourth-order valence-electron chi connectivity index (χ4n) is 2.18. The molecule has 1 heterocycles. The summed E-state index contributed by atoms with van der Waals surface area (Å²) < 4.78 is 0. The number of rotatable bonds is 2. The van der Waals surface area contributed by atoms with E-state index in [9.17, 15) is 4.79 Å². The maximum atomic E-state index is 11.8. The van der Waals surface area contributed by atoms with E-state index in [1.54, 1.807) is 0 Å². The maximum absolute atomic E-state index is 11.8. The highest BCUT2D eigenvalue weighted by Crippen LogP contribution is 2.29. The third-order valence-electron chi connectivity index (χ3n) is 3.13. The van der Waals surface area contributed by atoms with E-state index in [4.69, 9.17) is 5.73 Å². The van der Waals surface area contributed by atoms with Gasteiger partial charge in [-0.25, -0.2) is 0 Å². The smallest absolute Gasteiger partial charge is 0.227 e. The first-order valence-corrected chi connectivity index (χ1v) is 5.31. The molecule has 2 N–H and O–H groups in total. The molecular formula is C12H16N2O. The van der Waals surface area contributed by atoms with Crippen molar-refractivity contribution in [2.24, 2.45) is 11.7 Å². The number of anilines is 1. The maximum Gasteiger partial charge on any atom is 0.227 e. The predicted molar refractivity (Wildman–Crippen MR) is 60.6 cm³/mol. The van der Waals surface area contributed by atoms with Gasteiger partial charge in [-0.05, 0) is 25.6 Å². The molecule has 2 rings (SSSR count). The Balaban J connectivity index is 2.27. The Morgan fingerprint density at radius 1 is 1.40 bits per heavy atom. The number of amides is 1. The Bertz CT molecular complexity index is 350. The van der Waals surface area contributed by atoms with Crippen LogP contribution in [0.4, 0.5) is 5.69 Å². The van der Waals surface area contributed by atoms with Crippen molar-refractivity contribution >= 4 is 11.6 Å². The summed E-state index contributed by atoms with van der Waals surface area (Å²) in [5.41, 5.74) is 6.63. The normalized spacial score (nSPS) is 26.0. The van der Waals surface area contributed by atoms with Gasteiger partial charge in [0.2, 0.25) is 5.91 Å². The van der Waals surface area contributed by atoms with Crippen molar-refractivity contribution in [3.63, 3.8) is 0 Å². The lowest BCUT2D eigenvalue weighted by Crippen LogP contribution is -2.34. The first-order chi connectivity index (χ1) is 7.24. The van der Waals surface area contributed by atoms with E-state index in [-0.39, 0.29) is 17.9 Å². The Labute approximate surface area is 89.9 Å². The molecule has 1 aliphatic rings. The van der Waals surface area contributed by atoms with Gasteiger partial charge in [0.25, 0.3) is 0 Å². The average Bonchev–Trinajstić information content (AvgIpc) is 2.55. The first-order valence-electron chi connectivity index (χ1n) is 5.31. The van der Waals surface area contributed by atoms with Crippen molar-refractivity contribution in [3.05, 3.63) is 30.3 Å². The van der Waals surface area contributed by atoms with Gasteiger partial charge in [-0.2, -0.15) is 0 Å². The molecular weight excluding hydrogens is 188 g/mol. The fourth-order valence-corrected chi connectivity index (χ4v) is 2.18. The number of carbonyl (C=O) groups is 1. The molecule has 1 amide bonds. The Hall–Kier alpha value is -1.35. The van der Waals surface area contributed by atoms with Crippen molar-refractivity contribution in [1.29, 1.82) is 0 Å². The Kier molecular flexibility index (Phi) is 2.73. The summed E-state index contributed by atoms with van der Waals surface area (Å²) in [5, 5.41) is 0. The van der Waals surface area contributed by atoms with Crippen molar-refractivity contribution in [3.8, 4) is 0 Å². The van der Waals surface area contributed by atoms with Crippen LogP contribution in [0.2, 0.25) is 0 Å². The average molecular weight is 204 g/mol. The zero-order valence-electron chi connectivity index (χ0n) is 8.89. The lowest BCUT2D eigenvalue weighted by atomic mass is 10.0. The minimum absolute atomic E-state index is 0.184. The molecule has 0 saturated carbocycles. The van der Waals surface area contributed by atoms with Crippen molar-refractivity contribution in [2.45, 2.75) is 19.4 Å². The van der Waals surface area contributed by atoms with Crippen LogP contribution in [0.25, 0.3) is 0 Å². The largest absolute Gasteiger partial charge is 0.330 e. The van der Waals surface area contributed by atoms with Crippen molar-refractivity contribution in [1.82, 2.24) is 0 Å². The summed E-state index contributed by atoms with van der Waals surface area (Å²) in [7, 11) is 0. The molecule has 1 aliphatic heterocycles. The van der Waals surface area contributed by atoms with Crippen LogP contribution in [-0.4, -0.2) is 18.5 Å². The number of carbonyl (C=O) groups excluding carboxylic acids is 1. The summed E-state index contributed by atoms with van der Waals surface area (Å²) in [6, 6.07) is 10.00. The number of nitrogens with zero attached hydrogens (tertiary/aromatic N) is 1. The third-order valence-corrected chi connectivity index (χ3v) is 3.13. The number of para-hydroxylation sites is 1. The molecule has 3 heteroatoms. The van der Waals surface area contributed by atoms with Gasteiger partial charge in [0.1, 0.15) is 0 Å². The van der Waals surface area contributed by atoms with E-state index in [0.29, 0.717) is 13.0 Å². The zero-order chi connectivity index (χ0) is 10.8. The van der Waals surface area contributed by atoms with Crippen LogP contribution in [0.1, 0.15) is 13.3 Å². The second-order valence-corrected chi connectivity index (χ2v) is 4.04. The van der Waals surface area contributed by atoms with Crippen LogP contribution in [0.3, 0.4) is 0 Å². The van der Waals surface area contributed by atoms with Crippen LogP contribution >= 0.6 is 0 Å². The molecule has 1 aromatic rings. The topological polar surface area (TPSA) is 46.3 Å². The lowest BCUT2D eigenvalue weighted by Gasteiger charge is -2.24. The first kappa shape index (κ1) is 10.2. The summed E-state index contributed by atoms with van der Waals surface area (Å²) in [5.74, 6) is 0.474. The van der Waals surface area contributed by atoms with Gasteiger partial charge in [-0.1, -0.05) is 18.2 Å². The molecule has 0 aliphatic carbocycles. The fraction of sp³-hybridized carbons (Fsp3) is 0.417. The summed E-state index contributed by atoms with van der Waals surface area (Å²) >= 11 is 0. The van der Waals surface area contributed by atoms with E-state index in [1.807, 2.05) is 35.2 Å². The monoisotopic (exact) mass is 204 g/mol. The molecule has 0 aromatic heterocycles. The summed E-state index contributed by atoms with van der Waals surface area (Å²) in [4.78, 5) is 13.7. The highest BCUT2D eigenvalue weighted by atomic mass is 16.2. The van der Waals surface area contributed by atoms with E-state index in [0.717, 1.165) is 5.69 Å². The minimum atomic E-state index is 0.184. The zero-order valence-corrected chi connectivity index (χ0v) is 8.89. The van der Waals surface area contributed by atoms with Gasteiger partial charge in [-0.15, -0.1) is 0 Å². The number of hydrogen-bond donors (Lipinski definition) is 1. The molecule has 1 saturated heterocycles. The van der Waals surface area contributed by atoms with Gasteiger partial charge in [0, 0.05) is 24.1 Å². The molecule has 2 unspecified atom stereocenters. The third kappa shape index (κ3) is 1.75. The lowest BCUT2D eigenvalue weighted by molar-refractivity contribution is -0.117. The van der Waals surface area contributed by atoms with Gasteiger partial charge in [0.05, 0.1) is 0 Å². The second-order valence-electron chi connectivity index (χ2n) is 4.04. The molecule has 2 atom stereocenters. The van der Waals surface area contributed by atoms with Crippen molar-refractivity contribution in [2.75, 3.05) is 11.4 Å². The highest BCUT2D eigenvalue weighted by molar-refractivity contribution is 5.96. The molecule has 1 aromatic carbocycles. The molecule has 15 heavy (non-hydrogen) atoms. The predicted octanol–water partition coefficient (Wildman–Crippen LogP) is 1.39. The molecule has 80 valence electrons. The summed E-state index contributed by atoms with van der Waals surface area (Å²) in [6.07, 6.45) is 0.576. The molecule has 0 spiro atoms. The number of nitrogens with two attached hydrogens (primary N) is 1. The van der Waals surface area contributed by atoms with Gasteiger partial charge < -0.3 is 10.6 Å². The van der Waals surface area contributed by atoms with Crippen LogP contribution < -0.4 is 10.6 Å². The van der Waals surface area contributed by atoms with E-state index < -0.39 is 0 Å². The Morgan fingerprint density at radius 2 is 2.07 bits per heavy atom. The highest BCUT2D eigenvalue weighted by Gasteiger charge is 2.36. The van der Waals surface area contributed by atoms with E-state index >= 15 is 0 Å². The number of benzene rings is 1. The summed E-state index contributed by atoms with van der Waals surface area (Å²) in [6.45, 7) is 2.64. The van der Waals surface area contributed by atoms with Gasteiger partial charge in [0.15, 0.2) is 0 Å². The van der Waals surface area contributed by atoms with E-state index in [1.165, 1.54) is 0 Å². The van der Waals surface area contributed by atoms with E-state index in [2.05, 4.69) is 6.92 Å². The van der Waals surface area contributed by atoms with Crippen LogP contribution in [-0.2, 0) is 4.79 Å². The van der Waals surface area contributed by atoms with Crippen molar-refractivity contribution < 1.29 is 4.79 Å². The van der Waals surface area contributed by atoms with Gasteiger partial charge in [-0.3, -0.25) is 4.79 Å². The SMILES string of the molecule is CC1C(CN)CC(=O)N1c1ccccc1. The Morgan fingerprint density at radius 3 is 2.60 bits per heavy atom. The minimum Gasteiger partial charge on any atom is -0.330 e. The van der Waals surface area contributed by atoms with Crippen LogP contribution in [0.5, 0.6) is 0 Å². The molecule has 0 bridgehead atoms. The number of hydrogen-bond acceptors (Lipinski definition) is 2.